The highest BCUT2D eigenvalue weighted by molar-refractivity contribution is 7.21. The van der Waals surface area contributed by atoms with Crippen molar-refractivity contribution in [3.8, 4) is 0 Å². The van der Waals surface area contributed by atoms with Gasteiger partial charge in [-0.05, 0) is 32.4 Å². The number of amides is 1. The quantitative estimate of drug-likeness (QED) is 0.395. The fourth-order valence-corrected chi connectivity index (χ4v) is 4.73. The summed E-state index contributed by atoms with van der Waals surface area (Å²) in [7, 11) is 1.25. The first-order chi connectivity index (χ1) is 15.1. The van der Waals surface area contributed by atoms with Crippen molar-refractivity contribution in [2.45, 2.75) is 26.9 Å². The van der Waals surface area contributed by atoms with Gasteiger partial charge in [0.05, 0.1) is 23.4 Å². The Morgan fingerprint density at radius 3 is 2.53 bits per heavy atom. The summed E-state index contributed by atoms with van der Waals surface area (Å²) in [6, 6.07) is 7.32. The van der Waals surface area contributed by atoms with Crippen molar-refractivity contribution in [2.24, 2.45) is 0 Å². The van der Waals surface area contributed by atoms with Gasteiger partial charge in [0.25, 0.3) is 5.91 Å². The average Bonchev–Trinajstić information content (AvgIpc) is 3.27. The first-order valence-corrected chi connectivity index (χ1v) is 10.8. The van der Waals surface area contributed by atoms with E-state index in [1.54, 1.807) is 13.8 Å². The summed E-state index contributed by atoms with van der Waals surface area (Å²) >= 11 is 7.49. The molecule has 0 saturated heterocycles. The van der Waals surface area contributed by atoms with E-state index in [4.69, 9.17) is 21.1 Å². The largest absolute Gasteiger partial charge is 0.465 e. The molecule has 10 heteroatoms. The van der Waals surface area contributed by atoms with Crippen LogP contribution in [0.15, 0.2) is 24.3 Å². The van der Waals surface area contributed by atoms with E-state index in [2.05, 4.69) is 10.3 Å². The third kappa shape index (κ3) is 4.53. The van der Waals surface area contributed by atoms with Crippen molar-refractivity contribution in [3.63, 3.8) is 0 Å². The number of H-pyrrole nitrogens is 1. The van der Waals surface area contributed by atoms with Gasteiger partial charge in [0.2, 0.25) is 5.78 Å². The zero-order valence-electron chi connectivity index (χ0n) is 17.8. The molecule has 2 heterocycles. The fourth-order valence-electron chi connectivity index (χ4n) is 3.29. The van der Waals surface area contributed by atoms with E-state index in [0.717, 1.165) is 10.1 Å². The SMILES string of the molecule is COC(=O)c1c(C)[nH]c(C(=O)C(C)OC(=O)CNC(=O)c2sc3ccccc3c2Cl)c1C. The molecule has 1 amide bonds. The number of fused-ring (bicyclic) bond motifs is 1. The van der Waals surface area contributed by atoms with Gasteiger partial charge in [-0.3, -0.25) is 14.4 Å². The number of esters is 2. The van der Waals surface area contributed by atoms with Gasteiger partial charge in [-0.1, -0.05) is 29.8 Å². The topological polar surface area (TPSA) is 115 Å². The van der Waals surface area contributed by atoms with Crippen LogP contribution in [-0.4, -0.2) is 48.4 Å². The van der Waals surface area contributed by atoms with Crippen LogP contribution in [0.4, 0.5) is 0 Å². The van der Waals surface area contributed by atoms with Crippen molar-refractivity contribution >= 4 is 56.7 Å². The molecule has 32 heavy (non-hydrogen) atoms. The molecular weight excluding hydrogens is 456 g/mol. The number of aromatic amines is 1. The van der Waals surface area contributed by atoms with Gasteiger partial charge in [0.1, 0.15) is 11.4 Å². The first kappa shape index (κ1) is 23.5. The summed E-state index contributed by atoms with van der Waals surface area (Å²) in [6.07, 6.45) is -1.13. The molecule has 0 aliphatic carbocycles. The molecule has 0 fully saturated rings. The third-order valence-corrected chi connectivity index (χ3v) is 6.56. The van der Waals surface area contributed by atoms with Crippen LogP contribution < -0.4 is 5.32 Å². The van der Waals surface area contributed by atoms with Crippen LogP contribution in [0.2, 0.25) is 5.02 Å². The Kier molecular flexibility index (Phi) is 7.00. The summed E-state index contributed by atoms with van der Waals surface area (Å²) in [6.45, 7) is 4.23. The highest BCUT2D eigenvalue weighted by Crippen LogP contribution is 2.34. The predicted octanol–water partition coefficient (Wildman–Crippen LogP) is 3.83. The zero-order valence-corrected chi connectivity index (χ0v) is 19.4. The van der Waals surface area contributed by atoms with Gasteiger partial charge in [0, 0.05) is 15.8 Å². The Bertz CT molecular complexity index is 1230. The normalized spacial score (nSPS) is 11.8. The maximum atomic E-state index is 12.7. The molecule has 3 aromatic rings. The zero-order chi connectivity index (χ0) is 23.6. The number of hydrogen-bond donors (Lipinski definition) is 2. The number of aromatic nitrogens is 1. The number of halogens is 1. The second-order valence-corrected chi connectivity index (χ2v) is 8.47. The number of aryl methyl sites for hydroxylation is 1. The van der Waals surface area contributed by atoms with Crippen LogP contribution in [0, 0.1) is 13.8 Å². The second-order valence-electron chi connectivity index (χ2n) is 7.04. The highest BCUT2D eigenvalue weighted by atomic mass is 35.5. The maximum absolute atomic E-state index is 12.7. The van der Waals surface area contributed by atoms with Gasteiger partial charge in [-0.2, -0.15) is 0 Å². The van der Waals surface area contributed by atoms with Crippen LogP contribution in [0.5, 0.6) is 0 Å². The monoisotopic (exact) mass is 476 g/mol. The molecule has 2 aromatic heterocycles. The van der Waals surface area contributed by atoms with Gasteiger partial charge >= 0.3 is 11.9 Å². The first-order valence-electron chi connectivity index (χ1n) is 9.62. The van der Waals surface area contributed by atoms with Gasteiger partial charge < -0.3 is 19.8 Å². The summed E-state index contributed by atoms with van der Waals surface area (Å²) in [5.41, 5.74) is 1.31. The summed E-state index contributed by atoms with van der Waals surface area (Å²) in [5, 5.41) is 3.54. The number of rotatable bonds is 7. The van der Waals surface area contributed by atoms with Gasteiger partial charge in [0.15, 0.2) is 6.10 Å². The van der Waals surface area contributed by atoms with Crippen molar-refractivity contribution in [3.05, 3.63) is 56.7 Å². The maximum Gasteiger partial charge on any atom is 0.339 e. The molecule has 1 atom stereocenters. The van der Waals surface area contributed by atoms with Gasteiger partial charge in [-0.25, -0.2) is 4.79 Å². The van der Waals surface area contributed by atoms with Crippen LogP contribution in [0.25, 0.3) is 10.1 Å². The standard InChI is InChI=1S/C22H21ClN2O6S/c1-10-16(22(29)30-4)11(2)25-18(10)19(27)12(3)31-15(26)9-24-21(28)20-17(23)13-7-5-6-8-14(13)32-20/h5-8,12,25H,9H2,1-4H3,(H,24,28). The van der Waals surface area contributed by atoms with Crippen LogP contribution >= 0.6 is 22.9 Å². The lowest BCUT2D eigenvalue weighted by molar-refractivity contribution is -0.145. The van der Waals surface area contributed by atoms with E-state index in [0.29, 0.717) is 16.3 Å². The number of carbonyl (C=O) groups excluding carboxylic acids is 4. The van der Waals surface area contributed by atoms with Crippen molar-refractivity contribution in [2.75, 3.05) is 13.7 Å². The number of thiophene rings is 1. The van der Waals surface area contributed by atoms with Crippen molar-refractivity contribution in [1.29, 1.82) is 0 Å². The minimum Gasteiger partial charge on any atom is -0.465 e. The van der Waals surface area contributed by atoms with Crippen LogP contribution in [0.3, 0.4) is 0 Å². The molecule has 0 bridgehead atoms. The number of Topliss-reactive ketones (excluding diaryl/α,β-unsaturated/α-hetero) is 1. The van der Waals surface area contributed by atoms with Crippen molar-refractivity contribution in [1.82, 2.24) is 10.3 Å². The molecule has 1 aromatic carbocycles. The van der Waals surface area contributed by atoms with Gasteiger partial charge in [-0.15, -0.1) is 11.3 Å². The number of carbonyl (C=O) groups is 4. The molecule has 0 spiro atoms. The Morgan fingerprint density at radius 2 is 1.88 bits per heavy atom. The number of hydrogen-bond acceptors (Lipinski definition) is 7. The summed E-state index contributed by atoms with van der Waals surface area (Å²) in [5.74, 6) is -2.37. The van der Waals surface area contributed by atoms with E-state index >= 15 is 0 Å². The Labute approximate surface area is 192 Å². The number of benzene rings is 1. The molecule has 0 aliphatic rings. The average molecular weight is 477 g/mol. The molecule has 0 radical (unpaired) electrons. The molecule has 0 aliphatic heterocycles. The number of nitrogens with one attached hydrogen (secondary N) is 2. The third-order valence-electron chi connectivity index (χ3n) is 4.89. The molecule has 0 saturated carbocycles. The number of ether oxygens (including phenoxy) is 2. The van der Waals surface area contributed by atoms with E-state index in [-0.39, 0.29) is 16.1 Å². The molecule has 3 rings (SSSR count). The smallest absolute Gasteiger partial charge is 0.339 e. The number of methoxy groups -OCH3 is 1. The molecule has 2 N–H and O–H groups in total. The minimum atomic E-state index is -1.13. The van der Waals surface area contributed by atoms with E-state index in [9.17, 15) is 19.2 Å². The van der Waals surface area contributed by atoms with Crippen LogP contribution in [-0.2, 0) is 14.3 Å². The number of ketones is 1. The summed E-state index contributed by atoms with van der Waals surface area (Å²) in [4.78, 5) is 52.4. The second kappa shape index (κ2) is 9.54. The van der Waals surface area contributed by atoms with E-state index < -0.39 is 36.3 Å². The Morgan fingerprint density at radius 1 is 1.19 bits per heavy atom. The lowest BCUT2D eigenvalue weighted by atomic mass is 10.1. The lowest BCUT2D eigenvalue weighted by Crippen LogP contribution is -2.34. The van der Waals surface area contributed by atoms with E-state index in [1.165, 1.54) is 25.4 Å². The molecule has 1 unspecified atom stereocenters. The lowest BCUT2D eigenvalue weighted by Gasteiger charge is -2.12. The molecule has 168 valence electrons. The fraction of sp³-hybridized carbons (Fsp3) is 0.273. The summed E-state index contributed by atoms with van der Waals surface area (Å²) < 4.78 is 10.7. The molecular formula is C22H21ClN2O6S. The Balaban J connectivity index is 1.62. The van der Waals surface area contributed by atoms with Crippen molar-refractivity contribution < 1.29 is 28.7 Å². The highest BCUT2D eigenvalue weighted by Gasteiger charge is 2.27. The Hall–Kier alpha value is -3.17. The predicted molar refractivity (Wildman–Crippen MR) is 121 cm³/mol. The van der Waals surface area contributed by atoms with Crippen LogP contribution in [0.1, 0.15) is 48.7 Å². The molecule has 8 nitrogen and oxygen atoms in total. The minimum absolute atomic E-state index is 0.157. The van der Waals surface area contributed by atoms with E-state index in [1.807, 2.05) is 24.3 Å².